The monoisotopic (exact) mass is 646 g/mol. The van der Waals surface area contributed by atoms with Crippen molar-refractivity contribution in [3.8, 4) is 17.0 Å². The van der Waals surface area contributed by atoms with Gasteiger partial charge in [0.05, 0.1) is 46.6 Å². The molecule has 3 aromatic rings. The number of carbonyl (C=O) groups excluding carboxylic acids is 3. The highest BCUT2D eigenvalue weighted by Gasteiger charge is 2.35. The van der Waals surface area contributed by atoms with E-state index in [4.69, 9.17) is 27.9 Å². The summed E-state index contributed by atoms with van der Waals surface area (Å²) in [5.41, 5.74) is 0.394. The van der Waals surface area contributed by atoms with Crippen molar-refractivity contribution in [3.05, 3.63) is 63.8 Å². The Morgan fingerprint density at radius 1 is 1.09 bits per heavy atom. The van der Waals surface area contributed by atoms with Crippen LogP contribution in [0.4, 0.5) is 10.1 Å². The van der Waals surface area contributed by atoms with Crippen LogP contribution in [0.25, 0.3) is 11.3 Å². The Morgan fingerprint density at radius 2 is 1.77 bits per heavy atom. The molecule has 3 N–H and O–H groups in total. The largest absolute Gasteiger partial charge is 0.494 e. The number of ether oxygens (including phenoxy) is 1. The minimum absolute atomic E-state index is 0.00132. The molecule has 2 aliphatic rings. The molecule has 14 heteroatoms. The zero-order valence-electron chi connectivity index (χ0n) is 24.3. The maximum atomic E-state index is 14.5. The predicted molar refractivity (Wildman–Crippen MR) is 164 cm³/mol. The maximum Gasteiger partial charge on any atom is 0.291 e. The highest BCUT2D eigenvalue weighted by atomic mass is 35.5. The third-order valence-corrected chi connectivity index (χ3v) is 8.81. The van der Waals surface area contributed by atoms with Crippen molar-refractivity contribution in [2.24, 2.45) is 7.05 Å². The molecule has 2 saturated heterocycles. The Hall–Kier alpha value is -3.71. The number of methoxy groups -OCH3 is 1. The second kappa shape index (κ2) is 13.1. The van der Waals surface area contributed by atoms with Crippen LogP contribution < -0.4 is 15.4 Å². The Labute approximate surface area is 263 Å². The number of nitrogens with one attached hydrogen (secondary N) is 2. The highest BCUT2D eigenvalue weighted by Crippen LogP contribution is 2.35. The van der Waals surface area contributed by atoms with Crippen molar-refractivity contribution in [3.63, 3.8) is 0 Å². The van der Waals surface area contributed by atoms with Gasteiger partial charge in [-0.3, -0.25) is 14.4 Å². The summed E-state index contributed by atoms with van der Waals surface area (Å²) >= 11 is 12.7. The van der Waals surface area contributed by atoms with E-state index in [0.29, 0.717) is 69.1 Å². The first-order valence-electron chi connectivity index (χ1n) is 14.2. The smallest absolute Gasteiger partial charge is 0.291 e. The van der Waals surface area contributed by atoms with Crippen molar-refractivity contribution >= 4 is 46.6 Å². The van der Waals surface area contributed by atoms with E-state index in [0.717, 1.165) is 0 Å². The summed E-state index contributed by atoms with van der Waals surface area (Å²) in [5, 5.41) is 16.6. The summed E-state index contributed by atoms with van der Waals surface area (Å²) in [6.07, 6.45) is 2.57. The first kappa shape index (κ1) is 31.7. The van der Waals surface area contributed by atoms with Crippen LogP contribution in [-0.2, 0) is 11.8 Å². The van der Waals surface area contributed by atoms with Crippen molar-refractivity contribution in [1.29, 1.82) is 0 Å². The minimum atomic E-state index is -0.984. The van der Waals surface area contributed by atoms with Gasteiger partial charge in [-0.15, -0.1) is 0 Å². The first-order valence-corrected chi connectivity index (χ1v) is 14.9. The lowest BCUT2D eigenvalue weighted by Gasteiger charge is -2.38. The van der Waals surface area contributed by atoms with Crippen molar-refractivity contribution in [2.75, 3.05) is 51.7 Å². The van der Waals surface area contributed by atoms with Gasteiger partial charge in [0.25, 0.3) is 11.8 Å². The zero-order valence-corrected chi connectivity index (χ0v) is 25.8. The number of halogens is 3. The van der Waals surface area contributed by atoms with Crippen LogP contribution in [0, 0.1) is 5.82 Å². The standard InChI is InChI=1S/C30H33Cl2FN6O5/c1-37-22(20-5-6-23(44-2)26(33)25(20)32)17-35-27(37)28(41)36-18-3-4-19(21(31)15-18)29(42)39-13-11-38(12-14-39)24(40)16-30(43)7-9-34-10-8-30/h3-6,15,17,34,43H,7-14,16H2,1-2H3,(H,36,41). The van der Waals surface area contributed by atoms with E-state index in [1.807, 2.05) is 0 Å². The summed E-state index contributed by atoms with van der Waals surface area (Å²) in [7, 11) is 2.94. The summed E-state index contributed by atoms with van der Waals surface area (Å²) in [4.78, 5) is 46.6. The van der Waals surface area contributed by atoms with Crippen LogP contribution >= 0.6 is 23.2 Å². The molecule has 0 saturated carbocycles. The minimum Gasteiger partial charge on any atom is -0.494 e. The van der Waals surface area contributed by atoms with E-state index < -0.39 is 17.3 Å². The Bertz CT molecular complexity index is 1580. The summed E-state index contributed by atoms with van der Waals surface area (Å²) in [6.45, 7) is 2.77. The van der Waals surface area contributed by atoms with E-state index in [9.17, 15) is 23.9 Å². The van der Waals surface area contributed by atoms with Gasteiger partial charge < -0.3 is 34.8 Å². The number of rotatable bonds is 7. The van der Waals surface area contributed by atoms with Gasteiger partial charge in [0.15, 0.2) is 17.4 Å². The fourth-order valence-electron chi connectivity index (χ4n) is 5.50. The lowest BCUT2D eigenvalue weighted by Crippen LogP contribution is -2.53. The van der Waals surface area contributed by atoms with E-state index in [-0.39, 0.29) is 45.4 Å². The van der Waals surface area contributed by atoms with Crippen LogP contribution in [0.2, 0.25) is 10.0 Å². The number of aliphatic hydroxyl groups is 1. The van der Waals surface area contributed by atoms with Gasteiger partial charge in [-0.25, -0.2) is 9.37 Å². The molecule has 234 valence electrons. The lowest BCUT2D eigenvalue weighted by atomic mass is 9.88. The molecule has 0 spiro atoms. The summed E-state index contributed by atoms with van der Waals surface area (Å²) < 4.78 is 20.9. The molecule has 2 aliphatic heterocycles. The van der Waals surface area contributed by atoms with Gasteiger partial charge in [-0.1, -0.05) is 23.2 Å². The molecule has 2 fully saturated rings. The summed E-state index contributed by atoms with van der Waals surface area (Å²) in [5.74, 6) is -1.62. The number of piperazine rings is 1. The van der Waals surface area contributed by atoms with E-state index in [1.165, 1.54) is 36.1 Å². The van der Waals surface area contributed by atoms with E-state index in [2.05, 4.69) is 15.6 Å². The molecular weight excluding hydrogens is 614 g/mol. The molecule has 0 atom stereocenters. The fraction of sp³-hybridized carbons (Fsp3) is 0.400. The number of imidazole rings is 1. The quantitative estimate of drug-likeness (QED) is 0.358. The van der Waals surface area contributed by atoms with Gasteiger partial charge in [0.2, 0.25) is 5.91 Å². The molecule has 2 aromatic carbocycles. The molecule has 3 heterocycles. The lowest BCUT2D eigenvalue weighted by molar-refractivity contribution is -0.139. The first-order chi connectivity index (χ1) is 21.0. The number of anilines is 1. The van der Waals surface area contributed by atoms with Crippen LogP contribution in [0.3, 0.4) is 0 Å². The second-order valence-corrected chi connectivity index (χ2v) is 11.7. The molecular formula is C30H33Cl2FN6O5. The molecule has 5 rings (SSSR count). The zero-order chi connectivity index (χ0) is 31.6. The third-order valence-electron chi connectivity index (χ3n) is 8.13. The molecule has 0 bridgehead atoms. The fourth-order valence-corrected chi connectivity index (χ4v) is 6.02. The molecule has 0 radical (unpaired) electrons. The van der Waals surface area contributed by atoms with Gasteiger partial charge in [0.1, 0.15) is 0 Å². The molecule has 1 aromatic heterocycles. The summed E-state index contributed by atoms with van der Waals surface area (Å²) in [6, 6.07) is 7.60. The second-order valence-electron chi connectivity index (χ2n) is 10.9. The van der Waals surface area contributed by atoms with Crippen LogP contribution in [0.5, 0.6) is 5.75 Å². The number of hydrogen-bond acceptors (Lipinski definition) is 7. The molecule has 44 heavy (non-hydrogen) atoms. The van der Waals surface area contributed by atoms with Gasteiger partial charge >= 0.3 is 0 Å². The molecule has 11 nitrogen and oxygen atoms in total. The van der Waals surface area contributed by atoms with E-state index in [1.54, 1.807) is 29.0 Å². The molecule has 0 unspecified atom stereocenters. The van der Waals surface area contributed by atoms with Gasteiger partial charge in [-0.2, -0.15) is 0 Å². The van der Waals surface area contributed by atoms with E-state index >= 15 is 0 Å². The number of nitrogens with zero attached hydrogens (tertiary/aromatic N) is 4. The predicted octanol–water partition coefficient (Wildman–Crippen LogP) is 3.58. The maximum absolute atomic E-state index is 14.5. The molecule has 3 amide bonds. The van der Waals surface area contributed by atoms with Crippen molar-refractivity contribution in [1.82, 2.24) is 24.7 Å². The van der Waals surface area contributed by atoms with Gasteiger partial charge in [0, 0.05) is 44.5 Å². The Balaban J connectivity index is 1.20. The van der Waals surface area contributed by atoms with Crippen molar-refractivity contribution in [2.45, 2.75) is 24.9 Å². The Morgan fingerprint density at radius 3 is 2.43 bits per heavy atom. The number of amides is 3. The topological polar surface area (TPSA) is 129 Å². The molecule has 0 aliphatic carbocycles. The Kier molecular flexibility index (Phi) is 9.45. The van der Waals surface area contributed by atoms with Crippen LogP contribution in [-0.4, -0.2) is 94.2 Å². The number of hydrogen-bond donors (Lipinski definition) is 3. The number of aromatic nitrogens is 2. The number of piperidine rings is 1. The number of benzene rings is 2. The highest BCUT2D eigenvalue weighted by molar-refractivity contribution is 6.34. The number of carbonyl (C=O) groups is 3. The average molecular weight is 648 g/mol. The third kappa shape index (κ3) is 6.53. The van der Waals surface area contributed by atoms with Crippen molar-refractivity contribution < 1.29 is 28.6 Å². The van der Waals surface area contributed by atoms with Crippen LogP contribution in [0.1, 0.15) is 40.2 Å². The average Bonchev–Trinajstić information content (AvgIpc) is 3.39. The van der Waals surface area contributed by atoms with Crippen LogP contribution in [0.15, 0.2) is 36.5 Å². The SMILES string of the molecule is COc1ccc(-c2cnc(C(=O)Nc3ccc(C(=O)N4CCN(C(=O)CC5(O)CCNCC5)CC4)c(Cl)c3)n2C)c(Cl)c1F. The normalized spacial score (nSPS) is 16.5. The van der Waals surface area contributed by atoms with Gasteiger partial charge in [-0.05, 0) is 56.3 Å².